The molecule has 0 radical (unpaired) electrons. The third-order valence-electron chi connectivity index (χ3n) is 3.35. The smallest absolute Gasteiger partial charge is 0.240 e. The fraction of sp³-hybridized carbons (Fsp3) is 0.533. The highest BCUT2D eigenvalue weighted by atomic mass is 35.5. The van der Waals surface area contributed by atoms with Gasteiger partial charge in [-0.15, -0.1) is 12.4 Å². The van der Waals surface area contributed by atoms with Crippen LogP contribution < -0.4 is 11.1 Å². The number of hydrogen-bond donors (Lipinski definition) is 2. The van der Waals surface area contributed by atoms with Crippen molar-refractivity contribution in [3.05, 3.63) is 35.9 Å². The first kappa shape index (κ1) is 17.0. The average Bonchev–Trinajstić information content (AvgIpc) is 3.18. The Morgan fingerprint density at radius 3 is 2.60 bits per heavy atom. The van der Waals surface area contributed by atoms with Crippen molar-refractivity contribution in [2.45, 2.75) is 37.8 Å². The van der Waals surface area contributed by atoms with Crippen molar-refractivity contribution in [2.75, 3.05) is 13.2 Å². The zero-order valence-electron chi connectivity index (χ0n) is 11.6. The van der Waals surface area contributed by atoms with Crippen molar-refractivity contribution >= 4 is 18.3 Å². The molecule has 0 bridgehead atoms. The Morgan fingerprint density at radius 2 is 1.95 bits per heavy atom. The lowest BCUT2D eigenvalue weighted by Gasteiger charge is -2.09. The lowest BCUT2D eigenvalue weighted by atomic mass is 10.2. The summed E-state index contributed by atoms with van der Waals surface area (Å²) in [5.41, 5.74) is 6.42. The molecule has 5 heteroatoms. The van der Waals surface area contributed by atoms with Crippen LogP contribution in [0.25, 0.3) is 0 Å². The molecular formula is C15H23ClN2O2. The Balaban J connectivity index is 0.00000200. The van der Waals surface area contributed by atoms with Crippen LogP contribution in [0.1, 0.15) is 31.2 Å². The van der Waals surface area contributed by atoms with Gasteiger partial charge in [0.1, 0.15) is 0 Å². The molecule has 1 aromatic carbocycles. The Bertz CT molecular complexity index is 408. The second-order valence-corrected chi connectivity index (χ2v) is 5.16. The van der Waals surface area contributed by atoms with E-state index in [0.717, 1.165) is 32.3 Å². The maximum absolute atomic E-state index is 11.5. The highest BCUT2D eigenvalue weighted by Crippen LogP contribution is 2.31. The van der Waals surface area contributed by atoms with Gasteiger partial charge in [0.15, 0.2) is 0 Å². The molecule has 0 unspecified atom stereocenters. The van der Waals surface area contributed by atoms with Gasteiger partial charge in [-0.1, -0.05) is 30.3 Å². The highest BCUT2D eigenvalue weighted by molar-refractivity contribution is 5.88. The van der Waals surface area contributed by atoms with Gasteiger partial charge in [-0.3, -0.25) is 4.79 Å². The second-order valence-electron chi connectivity index (χ2n) is 5.16. The first-order chi connectivity index (χ1) is 9.21. The number of hydrogen-bond acceptors (Lipinski definition) is 3. The van der Waals surface area contributed by atoms with E-state index >= 15 is 0 Å². The molecule has 112 valence electrons. The van der Waals surface area contributed by atoms with Crippen LogP contribution in [0.15, 0.2) is 30.3 Å². The van der Waals surface area contributed by atoms with Crippen LogP contribution >= 0.6 is 12.4 Å². The van der Waals surface area contributed by atoms with Crippen LogP contribution in [0.2, 0.25) is 0 Å². The summed E-state index contributed by atoms with van der Waals surface area (Å²) in [5.74, 6) is -0.00213. The number of nitrogens with two attached hydrogens (primary N) is 1. The fourth-order valence-corrected chi connectivity index (χ4v) is 1.83. The summed E-state index contributed by atoms with van der Waals surface area (Å²) in [6.45, 7) is 2.06. The third kappa shape index (κ3) is 5.49. The van der Waals surface area contributed by atoms with Crippen LogP contribution in [-0.2, 0) is 16.1 Å². The normalized spacial score (nSPS) is 15.2. The molecule has 4 nitrogen and oxygen atoms in total. The van der Waals surface area contributed by atoms with E-state index in [1.165, 1.54) is 5.56 Å². The number of carbonyl (C=O) groups excluding carboxylic acids is 1. The molecule has 1 saturated carbocycles. The zero-order valence-corrected chi connectivity index (χ0v) is 12.5. The van der Waals surface area contributed by atoms with Crippen LogP contribution in [0.5, 0.6) is 0 Å². The predicted octanol–water partition coefficient (Wildman–Crippen LogP) is 2.01. The van der Waals surface area contributed by atoms with Crippen molar-refractivity contribution in [1.82, 2.24) is 5.32 Å². The van der Waals surface area contributed by atoms with E-state index in [0.29, 0.717) is 13.2 Å². The van der Waals surface area contributed by atoms with E-state index in [1.54, 1.807) is 0 Å². The largest absolute Gasteiger partial charge is 0.377 e. The van der Waals surface area contributed by atoms with Crippen molar-refractivity contribution in [2.24, 2.45) is 5.73 Å². The number of benzene rings is 1. The van der Waals surface area contributed by atoms with Crippen LogP contribution in [0.4, 0.5) is 0 Å². The van der Waals surface area contributed by atoms with Crippen molar-refractivity contribution in [1.29, 1.82) is 0 Å². The quantitative estimate of drug-likeness (QED) is 0.722. The van der Waals surface area contributed by atoms with Crippen molar-refractivity contribution in [3.63, 3.8) is 0 Å². The minimum Gasteiger partial charge on any atom is -0.377 e. The summed E-state index contributed by atoms with van der Waals surface area (Å²) in [6, 6.07) is 10.1. The van der Waals surface area contributed by atoms with E-state index in [9.17, 15) is 4.79 Å². The van der Waals surface area contributed by atoms with Gasteiger partial charge in [-0.2, -0.15) is 0 Å². The van der Waals surface area contributed by atoms with Crippen LogP contribution in [0.3, 0.4) is 0 Å². The van der Waals surface area contributed by atoms with Crippen molar-refractivity contribution < 1.29 is 9.53 Å². The number of unbranched alkanes of at least 4 members (excludes halogenated alkanes) is 1. The molecule has 0 spiro atoms. The van der Waals surface area contributed by atoms with Gasteiger partial charge < -0.3 is 15.8 Å². The molecule has 0 heterocycles. The minimum absolute atomic E-state index is 0. The molecule has 0 saturated heterocycles. The van der Waals surface area contributed by atoms with E-state index in [1.807, 2.05) is 18.2 Å². The average molecular weight is 299 g/mol. The molecule has 3 N–H and O–H groups in total. The Morgan fingerprint density at radius 1 is 1.25 bits per heavy atom. The van der Waals surface area contributed by atoms with Gasteiger partial charge in [-0.25, -0.2) is 0 Å². The number of ether oxygens (including phenoxy) is 1. The standard InChI is InChI=1S/C15H22N2O2.ClH/c16-15(8-9-15)14(18)17-10-4-5-11-19-12-13-6-2-1-3-7-13;/h1-3,6-7H,4-5,8-12,16H2,(H,17,18);1H. The molecule has 2 rings (SSSR count). The summed E-state index contributed by atoms with van der Waals surface area (Å²) in [5, 5.41) is 2.87. The topological polar surface area (TPSA) is 64.4 Å². The van der Waals surface area contributed by atoms with Crippen LogP contribution in [-0.4, -0.2) is 24.6 Å². The summed E-state index contributed by atoms with van der Waals surface area (Å²) >= 11 is 0. The molecule has 1 aliphatic carbocycles. The molecule has 1 fully saturated rings. The molecule has 0 aromatic heterocycles. The fourth-order valence-electron chi connectivity index (χ4n) is 1.83. The molecule has 0 atom stereocenters. The maximum atomic E-state index is 11.5. The molecular weight excluding hydrogens is 276 g/mol. The van der Waals surface area contributed by atoms with Gasteiger partial charge in [0, 0.05) is 13.2 Å². The Kier molecular flexibility index (Phi) is 6.99. The first-order valence-electron chi connectivity index (χ1n) is 6.90. The van der Waals surface area contributed by atoms with E-state index < -0.39 is 5.54 Å². The maximum Gasteiger partial charge on any atom is 0.240 e. The number of halogens is 1. The summed E-state index contributed by atoms with van der Waals surface area (Å²) in [6.07, 6.45) is 3.51. The highest BCUT2D eigenvalue weighted by Gasteiger charge is 2.45. The number of carbonyl (C=O) groups is 1. The summed E-state index contributed by atoms with van der Waals surface area (Å²) in [4.78, 5) is 11.5. The lowest BCUT2D eigenvalue weighted by molar-refractivity contribution is -0.123. The molecule has 1 aromatic rings. The Hall–Kier alpha value is -1.10. The minimum atomic E-state index is -0.552. The number of nitrogens with one attached hydrogen (secondary N) is 1. The van der Waals surface area contributed by atoms with Gasteiger partial charge >= 0.3 is 0 Å². The summed E-state index contributed by atoms with van der Waals surface area (Å²) < 4.78 is 5.57. The number of amides is 1. The van der Waals surface area contributed by atoms with E-state index in [-0.39, 0.29) is 18.3 Å². The monoisotopic (exact) mass is 298 g/mol. The van der Waals surface area contributed by atoms with E-state index in [4.69, 9.17) is 10.5 Å². The predicted molar refractivity (Wildman–Crippen MR) is 81.7 cm³/mol. The number of rotatable bonds is 8. The molecule has 1 aliphatic rings. The van der Waals surface area contributed by atoms with E-state index in [2.05, 4.69) is 17.4 Å². The first-order valence-corrected chi connectivity index (χ1v) is 6.90. The third-order valence-corrected chi connectivity index (χ3v) is 3.35. The molecule has 20 heavy (non-hydrogen) atoms. The summed E-state index contributed by atoms with van der Waals surface area (Å²) in [7, 11) is 0. The Labute approximate surface area is 126 Å². The molecule has 0 aliphatic heterocycles. The second kappa shape index (κ2) is 8.25. The van der Waals surface area contributed by atoms with Gasteiger partial charge in [0.05, 0.1) is 12.1 Å². The van der Waals surface area contributed by atoms with Gasteiger partial charge in [0.25, 0.3) is 0 Å². The zero-order chi connectivity index (χ0) is 13.6. The molecule has 1 amide bonds. The van der Waals surface area contributed by atoms with Crippen LogP contribution in [0, 0.1) is 0 Å². The van der Waals surface area contributed by atoms with Crippen molar-refractivity contribution in [3.8, 4) is 0 Å². The lowest BCUT2D eigenvalue weighted by Crippen LogP contribution is -2.43. The SMILES string of the molecule is Cl.NC1(C(=O)NCCCCOCc2ccccc2)CC1. The van der Waals surface area contributed by atoms with Gasteiger partial charge in [0.2, 0.25) is 5.91 Å². The van der Waals surface area contributed by atoms with Gasteiger partial charge in [-0.05, 0) is 31.2 Å².